The summed E-state index contributed by atoms with van der Waals surface area (Å²) in [6.07, 6.45) is 1.89. The second-order valence-corrected chi connectivity index (χ2v) is 4.99. The van der Waals surface area contributed by atoms with Crippen molar-refractivity contribution in [1.29, 1.82) is 0 Å². The normalized spacial score (nSPS) is 21.6. The van der Waals surface area contributed by atoms with Crippen LogP contribution in [0.15, 0.2) is 0 Å². The number of hydrogen-bond donors (Lipinski definition) is 2. The van der Waals surface area contributed by atoms with E-state index in [0.717, 1.165) is 32.1 Å². The van der Waals surface area contributed by atoms with Gasteiger partial charge in [-0.25, -0.2) is 0 Å². The quantitative estimate of drug-likeness (QED) is 0.692. The molecule has 1 amide bonds. The maximum atomic E-state index is 11.5. The number of nitrogens with one attached hydrogen (secondary N) is 2. The Hall–Kier alpha value is -0.610. The summed E-state index contributed by atoms with van der Waals surface area (Å²) in [4.78, 5) is 13.9. The van der Waals surface area contributed by atoms with E-state index in [2.05, 4.69) is 15.5 Å². The average molecular weight is 227 g/mol. The van der Waals surface area contributed by atoms with Crippen molar-refractivity contribution in [1.82, 2.24) is 15.5 Å². The minimum absolute atomic E-state index is 0.173. The molecule has 16 heavy (non-hydrogen) atoms. The summed E-state index contributed by atoms with van der Waals surface area (Å²) in [5, 5.41) is 6.14. The Balaban J connectivity index is 2.12. The highest BCUT2D eigenvalue weighted by Crippen LogP contribution is 2.15. The fraction of sp³-hybridized carbons (Fsp3) is 0.917. The van der Waals surface area contributed by atoms with E-state index in [4.69, 9.17) is 0 Å². The van der Waals surface area contributed by atoms with Gasteiger partial charge in [-0.3, -0.25) is 4.79 Å². The summed E-state index contributed by atoms with van der Waals surface area (Å²) < 4.78 is 0. The molecule has 0 bridgehead atoms. The molecular weight excluding hydrogens is 202 g/mol. The molecule has 1 heterocycles. The van der Waals surface area contributed by atoms with Crippen molar-refractivity contribution < 1.29 is 4.79 Å². The molecule has 0 saturated carbocycles. The third kappa shape index (κ3) is 4.94. The molecule has 1 unspecified atom stereocenters. The molecule has 1 aliphatic rings. The Bertz CT molecular complexity index is 218. The number of amides is 1. The molecule has 1 atom stereocenters. The van der Waals surface area contributed by atoms with E-state index in [1.165, 1.54) is 6.42 Å². The van der Waals surface area contributed by atoms with Gasteiger partial charge >= 0.3 is 0 Å². The zero-order valence-electron chi connectivity index (χ0n) is 10.8. The summed E-state index contributed by atoms with van der Waals surface area (Å²) >= 11 is 0. The van der Waals surface area contributed by atoms with Gasteiger partial charge in [-0.1, -0.05) is 0 Å². The topological polar surface area (TPSA) is 44.4 Å². The van der Waals surface area contributed by atoms with Gasteiger partial charge in [0.1, 0.15) is 0 Å². The van der Waals surface area contributed by atoms with Crippen molar-refractivity contribution in [3.05, 3.63) is 0 Å². The summed E-state index contributed by atoms with van der Waals surface area (Å²) in [5.74, 6) is 0.935. The molecule has 2 N–H and O–H groups in total. The molecular formula is C12H25N3O. The van der Waals surface area contributed by atoms with E-state index >= 15 is 0 Å². The molecule has 1 fully saturated rings. The van der Waals surface area contributed by atoms with Gasteiger partial charge < -0.3 is 15.5 Å². The number of nitrogens with zero attached hydrogens (tertiary/aromatic N) is 1. The Morgan fingerprint density at radius 3 is 2.88 bits per heavy atom. The predicted molar refractivity (Wildman–Crippen MR) is 66.4 cm³/mol. The molecule has 0 spiro atoms. The largest absolute Gasteiger partial charge is 0.354 e. The van der Waals surface area contributed by atoms with E-state index in [-0.39, 0.29) is 11.9 Å². The van der Waals surface area contributed by atoms with Gasteiger partial charge in [0, 0.05) is 25.6 Å². The van der Waals surface area contributed by atoms with Gasteiger partial charge in [0.15, 0.2) is 0 Å². The van der Waals surface area contributed by atoms with Crippen molar-refractivity contribution in [3.63, 3.8) is 0 Å². The molecule has 4 heteroatoms. The first-order valence-electron chi connectivity index (χ1n) is 6.28. The van der Waals surface area contributed by atoms with Crippen molar-refractivity contribution in [2.24, 2.45) is 5.92 Å². The van der Waals surface area contributed by atoms with Crippen LogP contribution in [0.4, 0.5) is 0 Å². The Labute approximate surface area is 98.8 Å². The molecule has 1 aliphatic heterocycles. The van der Waals surface area contributed by atoms with E-state index in [1.54, 1.807) is 0 Å². The fourth-order valence-corrected chi connectivity index (χ4v) is 2.23. The summed E-state index contributed by atoms with van der Waals surface area (Å²) in [6, 6.07) is 0.253. The first-order valence-corrected chi connectivity index (χ1v) is 6.28. The van der Waals surface area contributed by atoms with Crippen LogP contribution in [-0.2, 0) is 4.79 Å². The first kappa shape index (κ1) is 13.5. The summed E-state index contributed by atoms with van der Waals surface area (Å²) in [7, 11) is 2.00. The van der Waals surface area contributed by atoms with Crippen molar-refractivity contribution in [2.45, 2.75) is 32.7 Å². The number of likely N-dealkylation sites (tertiary alicyclic amines) is 1. The van der Waals surface area contributed by atoms with E-state index in [1.807, 2.05) is 20.9 Å². The zero-order valence-corrected chi connectivity index (χ0v) is 10.8. The SMILES string of the molecule is CNCC1CCN(CCC(=O)NC(C)C)C1. The smallest absolute Gasteiger partial charge is 0.221 e. The van der Waals surface area contributed by atoms with E-state index in [9.17, 15) is 4.79 Å². The van der Waals surface area contributed by atoms with Gasteiger partial charge in [0.05, 0.1) is 0 Å². The van der Waals surface area contributed by atoms with Gasteiger partial charge in [0.2, 0.25) is 5.91 Å². The van der Waals surface area contributed by atoms with E-state index in [0.29, 0.717) is 6.42 Å². The lowest BCUT2D eigenvalue weighted by molar-refractivity contribution is -0.121. The van der Waals surface area contributed by atoms with Gasteiger partial charge in [0.25, 0.3) is 0 Å². The van der Waals surface area contributed by atoms with Crippen LogP contribution in [0.2, 0.25) is 0 Å². The van der Waals surface area contributed by atoms with Crippen LogP contribution in [0.3, 0.4) is 0 Å². The molecule has 0 aromatic carbocycles. The third-order valence-electron chi connectivity index (χ3n) is 2.97. The van der Waals surface area contributed by atoms with Crippen molar-refractivity contribution in [2.75, 3.05) is 33.2 Å². The van der Waals surface area contributed by atoms with Crippen LogP contribution in [0.1, 0.15) is 26.7 Å². The molecule has 1 rings (SSSR count). The molecule has 0 aromatic heterocycles. The lowest BCUT2D eigenvalue weighted by Crippen LogP contribution is -2.33. The molecule has 0 radical (unpaired) electrons. The Morgan fingerprint density at radius 1 is 1.50 bits per heavy atom. The molecule has 4 nitrogen and oxygen atoms in total. The molecule has 0 aliphatic carbocycles. The lowest BCUT2D eigenvalue weighted by atomic mass is 10.1. The van der Waals surface area contributed by atoms with Gasteiger partial charge in [-0.15, -0.1) is 0 Å². The summed E-state index contributed by atoms with van der Waals surface area (Å²) in [6.45, 7) is 8.26. The van der Waals surface area contributed by atoms with E-state index < -0.39 is 0 Å². The number of hydrogen-bond acceptors (Lipinski definition) is 3. The van der Waals surface area contributed by atoms with Crippen LogP contribution < -0.4 is 10.6 Å². The highest BCUT2D eigenvalue weighted by molar-refractivity contribution is 5.76. The van der Waals surface area contributed by atoms with Crippen LogP contribution in [0.25, 0.3) is 0 Å². The highest BCUT2D eigenvalue weighted by atomic mass is 16.1. The molecule has 94 valence electrons. The van der Waals surface area contributed by atoms with Gasteiger partial charge in [-0.05, 0) is 46.3 Å². The van der Waals surface area contributed by atoms with Crippen LogP contribution in [-0.4, -0.2) is 50.1 Å². The standard InChI is InChI=1S/C12H25N3O/c1-10(2)14-12(16)5-7-15-6-4-11(9-15)8-13-3/h10-11,13H,4-9H2,1-3H3,(H,14,16). The highest BCUT2D eigenvalue weighted by Gasteiger charge is 2.21. The predicted octanol–water partition coefficient (Wildman–Crippen LogP) is 0.442. The van der Waals surface area contributed by atoms with Gasteiger partial charge in [-0.2, -0.15) is 0 Å². The second-order valence-electron chi connectivity index (χ2n) is 4.99. The molecule has 1 saturated heterocycles. The number of carbonyl (C=O) groups is 1. The average Bonchev–Trinajstić information content (AvgIpc) is 2.62. The first-order chi connectivity index (χ1) is 7.61. The number of carbonyl (C=O) groups excluding carboxylic acids is 1. The summed E-state index contributed by atoms with van der Waals surface area (Å²) in [5.41, 5.74) is 0. The van der Waals surface area contributed by atoms with Crippen LogP contribution in [0, 0.1) is 5.92 Å². The monoisotopic (exact) mass is 227 g/mol. The lowest BCUT2D eigenvalue weighted by Gasteiger charge is -2.16. The second kappa shape index (κ2) is 6.86. The number of rotatable bonds is 6. The maximum Gasteiger partial charge on any atom is 0.221 e. The zero-order chi connectivity index (χ0) is 12.0. The Kier molecular flexibility index (Phi) is 5.77. The Morgan fingerprint density at radius 2 is 2.25 bits per heavy atom. The van der Waals surface area contributed by atoms with Crippen molar-refractivity contribution in [3.8, 4) is 0 Å². The fourth-order valence-electron chi connectivity index (χ4n) is 2.23. The minimum Gasteiger partial charge on any atom is -0.354 e. The minimum atomic E-state index is 0.173. The van der Waals surface area contributed by atoms with Crippen LogP contribution >= 0.6 is 0 Å². The van der Waals surface area contributed by atoms with Crippen molar-refractivity contribution >= 4 is 5.91 Å². The third-order valence-corrected chi connectivity index (χ3v) is 2.97. The maximum absolute atomic E-state index is 11.5. The van der Waals surface area contributed by atoms with Crippen LogP contribution in [0.5, 0.6) is 0 Å². The molecule has 0 aromatic rings.